The van der Waals surface area contributed by atoms with Crippen molar-refractivity contribution in [1.82, 2.24) is 29.4 Å². The molecule has 0 aliphatic carbocycles. The molecule has 1 fully saturated rings. The number of hydrogen-bond donors (Lipinski definition) is 2. The predicted octanol–water partition coefficient (Wildman–Crippen LogP) is 1.60. The van der Waals surface area contributed by atoms with E-state index in [0.29, 0.717) is 29.9 Å². The van der Waals surface area contributed by atoms with Gasteiger partial charge in [0.25, 0.3) is 5.56 Å². The van der Waals surface area contributed by atoms with E-state index in [2.05, 4.69) is 20.2 Å². The van der Waals surface area contributed by atoms with Crippen LogP contribution in [0.3, 0.4) is 0 Å². The van der Waals surface area contributed by atoms with Crippen molar-refractivity contribution >= 4 is 21.1 Å². The van der Waals surface area contributed by atoms with Crippen molar-refractivity contribution in [3.63, 3.8) is 0 Å². The summed E-state index contributed by atoms with van der Waals surface area (Å²) in [6.45, 7) is 2.18. The lowest BCUT2D eigenvalue weighted by Gasteiger charge is -2.31. The molecule has 2 N–H and O–H groups in total. The summed E-state index contributed by atoms with van der Waals surface area (Å²) in [5, 5.41) is 6.92. The van der Waals surface area contributed by atoms with Gasteiger partial charge in [0, 0.05) is 30.3 Å². The molecule has 11 heteroatoms. The van der Waals surface area contributed by atoms with E-state index in [1.165, 1.54) is 27.4 Å². The zero-order valence-electron chi connectivity index (χ0n) is 21.0. The van der Waals surface area contributed by atoms with E-state index in [1.54, 1.807) is 6.92 Å². The highest BCUT2D eigenvalue weighted by Gasteiger charge is 2.28. The zero-order chi connectivity index (χ0) is 25.4. The Balaban J connectivity index is 1.75. The maximum absolute atomic E-state index is 13.4. The number of likely N-dealkylation sites (N-methyl/N-ethyl adjacent to an activating group) is 1. The molecule has 0 bridgehead atoms. The smallest absolute Gasteiger partial charge is 0.279 e. The van der Waals surface area contributed by atoms with E-state index < -0.39 is 22.6 Å². The number of benzene rings is 1. The third-order valence-corrected chi connectivity index (χ3v) is 7.26. The summed E-state index contributed by atoms with van der Waals surface area (Å²) in [6, 6.07) is 4.41. The van der Waals surface area contributed by atoms with Crippen LogP contribution in [0.25, 0.3) is 22.4 Å². The fraction of sp³-hybridized carbons (Fsp3) is 0.476. The van der Waals surface area contributed by atoms with Crippen LogP contribution in [0.5, 0.6) is 5.75 Å². The van der Waals surface area contributed by atoms with Gasteiger partial charge in [0.2, 0.25) is 10.0 Å². The lowest BCUT2D eigenvalue weighted by Crippen LogP contribution is -2.47. The van der Waals surface area contributed by atoms with E-state index in [0.717, 1.165) is 12.1 Å². The molecule has 1 aliphatic rings. The number of aromatic amines is 2. The average molecular weight is 464 g/mol. The monoisotopic (exact) mass is 463 g/mol. The van der Waals surface area contributed by atoms with E-state index in [1.807, 2.05) is 6.92 Å². The Kier molecular flexibility index (Phi) is 5.28. The van der Waals surface area contributed by atoms with E-state index in [4.69, 9.17) is 8.85 Å². The van der Waals surface area contributed by atoms with Crippen molar-refractivity contribution in [2.45, 2.75) is 31.6 Å². The van der Waals surface area contributed by atoms with Crippen molar-refractivity contribution in [3.8, 4) is 17.1 Å². The molecule has 1 aliphatic heterocycles. The molecule has 3 aromatic rings. The highest BCUT2D eigenvalue weighted by molar-refractivity contribution is 7.89. The Hall–Kier alpha value is -2.76. The Bertz CT molecular complexity index is 1380. The van der Waals surface area contributed by atoms with Gasteiger partial charge in [-0.05, 0) is 38.5 Å². The predicted molar refractivity (Wildman–Crippen MR) is 121 cm³/mol. The van der Waals surface area contributed by atoms with Crippen LogP contribution < -0.4 is 10.3 Å². The minimum Gasteiger partial charge on any atom is -0.493 e. The summed E-state index contributed by atoms with van der Waals surface area (Å²) in [6.07, 6.45) is 1.48. The van der Waals surface area contributed by atoms with Gasteiger partial charge in [-0.15, -0.1) is 0 Å². The molecule has 1 saturated heterocycles. The number of piperazine rings is 1. The maximum Gasteiger partial charge on any atom is 0.279 e. The molecule has 0 amide bonds. The fourth-order valence-corrected chi connectivity index (χ4v) is 5.17. The van der Waals surface area contributed by atoms with Crippen LogP contribution in [-0.4, -0.2) is 77.5 Å². The fourth-order valence-electron chi connectivity index (χ4n) is 3.72. The summed E-state index contributed by atoms with van der Waals surface area (Å²) in [5.41, 5.74) is 1.23. The van der Waals surface area contributed by atoms with Crippen LogP contribution in [-0.2, 0) is 16.4 Å². The topological polar surface area (TPSA) is 124 Å². The number of ether oxygens (including phenoxy) is 1. The number of aromatic nitrogens is 4. The van der Waals surface area contributed by atoms with Crippen LogP contribution in [0, 0.1) is 0 Å². The second kappa shape index (κ2) is 9.00. The molecule has 10 nitrogen and oxygen atoms in total. The summed E-state index contributed by atoms with van der Waals surface area (Å²) in [7, 11) is -3.92. The molecular formula is C21H28N6O4S. The third kappa shape index (κ3) is 4.15. The minimum absolute atomic E-state index is 0.00186. The van der Waals surface area contributed by atoms with Crippen molar-refractivity contribution < 1.29 is 17.3 Å². The van der Waals surface area contributed by atoms with E-state index in [9.17, 15) is 13.2 Å². The molecule has 0 saturated carbocycles. The molecular weight excluding hydrogens is 432 g/mol. The first-order valence-electron chi connectivity index (χ1n) is 12.1. The van der Waals surface area contributed by atoms with Gasteiger partial charge >= 0.3 is 0 Å². The quantitative estimate of drug-likeness (QED) is 0.545. The normalized spacial score (nSPS) is 17.8. The summed E-state index contributed by atoms with van der Waals surface area (Å²) in [5.74, 6) is 0.552. The highest BCUT2D eigenvalue weighted by Crippen LogP contribution is 2.32. The molecule has 2 aromatic heterocycles. The third-order valence-electron chi connectivity index (χ3n) is 5.37. The molecule has 0 radical (unpaired) electrons. The van der Waals surface area contributed by atoms with Crippen LogP contribution in [0.1, 0.15) is 30.1 Å². The number of nitrogens with one attached hydrogen (secondary N) is 2. The first kappa shape index (κ1) is 18.8. The molecule has 0 spiro atoms. The van der Waals surface area contributed by atoms with Crippen LogP contribution >= 0.6 is 0 Å². The number of sulfonamides is 1. The van der Waals surface area contributed by atoms with Crippen molar-refractivity contribution in [3.05, 3.63) is 34.2 Å². The van der Waals surface area contributed by atoms with Gasteiger partial charge in [-0.3, -0.25) is 9.89 Å². The Morgan fingerprint density at radius 2 is 1.97 bits per heavy atom. The van der Waals surface area contributed by atoms with E-state index >= 15 is 0 Å². The number of rotatable bonds is 7. The van der Waals surface area contributed by atoms with Gasteiger partial charge in [-0.1, -0.05) is 13.3 Å². The lowest BCUT2D eigenvalue weighted by atomic mass is 10.1. The van der Waals surface area contributed by atoms with E-state index in [-0.39, 0.29) is 42.4 Å². The average Bonchev–Trinajstić information content (AvgIpc) is 3.22. The lowest BCUT2D eigenvalue weighted by molar-refractivity contribution is 0.222. The molecule has 0 unspecified atom stereocenters. The molecule has 1 aromatic carbocycles. The standard InChI is InChI=1S/C21H28N6O4S/c1-4-6-16-18-19(25-24-16)21(28)23-20(22-18)15-13-14(7-8-17(15)31-5-2)32(29,30)27-11-9-26(3)10-12-27/h7-8,13H,4-6,9-12H2,1-3H3,(H,24,25)(H,22,23,28)/i3D3. The molecule has 3 heterocycles. The second-order valence-corrected chi connectivity index (χ2v) is 9.48. The number of H-pyrrole nitrogens is 2. The first-order valence-corrected chi connectivity index (χ1v) is 12.0. The van der Waals surface area contributed by atoms with Crippen molar-refractivity contribution in [2.24, 2.45) is 0 Å². The Labute approximate surface area is 190 Å². The van der Waals surface area contributed by atoms with Crippen molar-refractivity contribution in [1.29, 1.82) is 0 Å². The van der Waals surface area contributed by atoms with Gasteiger partial charge in [0.1, 0.15) is 17.1 Å². The summed E-state index contributed by atoms with van der Waals surface area (Å²) in [4.78, 5) is 21.3. The van der Waals surface area contributed by atoms with Gasteiger partial charge < -0.3 is 14.6 Å². The number of nitrogens with zero attached hydrogens (tertiary/aromatic N) is 4. The van der Waals surface area contributed by atoms with Gasteiger partial charge in [0.05, 0.1) is 22.8 Å². The molecule has 0 atom stereocenters. The van der Waals surface area contributed by atoms with Gasteiger partial charge in [0.15, 0.2) is 5.52 Å². The number of hydrogen-bond acceptors (Lipinski definition) is 7. The zero-order valence-corrected chi connectivity index (χ0v) is 18.8. The van der Waals surface area contributed by atoms with Crippen LogP contribution in [0.2, 0.25) is 0 Å². The molecule has 32 heavy (non-hydrogen) atoms. The Morgan fingerprint density at radius 1 is 1.19 bits per heavy atom. The second-order valence-electron chi connectivity index (χ2n) is 7.55. The van der Waals surface area contributed by atoms with Gasteiger partial charge in [-0.2, -0.15) is 9.40 Å². The minimum atomic E-state index is -3.92. The Morgan fingerprint density at radius 3 is 2.66 bits per heavy atom. The highest BCUT2D eigenvalue weighted by atomic mass is 32.2. The van der Waals surface area contributed by atoms with Crippen LogP contribution in [0.15, 0.2) is 27.9 Å². The largest absolute Gasteiger partial charge is 0.493 e. The molecule has 172 valence electrons. The SMILES string of the molecule is [2H]C([2H])([2H])N1CCN(S(=O)(=O)c2ccc(OCC)c(-c3nc4c(CCC)[nH]nc4c(=O)[nH]3)c2)CC1. The maximum atomic E-state index is 13.4. The summed E-state index contributed by atoms with van der Waals surface area (Å²) < 4.78 is 56.4. The number of fused-ring (bicyclic) bond motifs is 1. The molecule has 4 rings (SSSR count). The first-order chi connectivity index (χ1) is 16.6. The van der Waals surface area contributed by atoms with Gasteiger partial charge in [-0.25, -0.2) is 13.4 Å². The number of aryl methyl sites for hydroxylation is 1. The van der Waals surface area contributed by atoms with Crippen molar-refractivity contribution in [2.75, 3.05) is 39.8 Å². The van der Waals surface area contributed by atoms with Crippen LogP contribution in [0.4, 0.5) is 0 Å². The summed E-state index contributed by atoms with van der Waals surface area (Å²) >= 11 is 0.